The first-order valence-corrected chi connectivity index (χ1v) is 10.4. The van der Waals surface area contributed by atoms with Gasteiger partial charge >= 0.3 is 0 Å². The summed E-state index contributed by atoms with van der Waals surface area (Å²) < 4.78 is 28.4. The summed E-state index contributed by atoms with van der Waals surface area (Å²) in [6.45, 7) is 1.81. The van der Waals surface area contributed by atoms with E-state index in [1.807, 2.05) is 0 Å². The molecule has 0 bridgehead atoms. The summed E-state index contributed by atoms with van der Waals surface area (Å²) in [5, 5.41) is 10.5. The van der Waals surface area contributed by atoms with Crippen molar-refractivity contribution in [2.45, 2.75) is 51.9 Å². The van der Waals surface area contributed by atoms with Crippen molar-refractivity contribution >= 4 is 11.7 Å². The van der Waals surface area contributed by atoms with E-state index in [0.717, 1.165) is 31.5 Å². The molecule has 3 aliphatic rings. The van der Waals surface area contributed by atoms with Gasteiger partial charge in [0.25, 0.3) is 5.91 Å². The number of hydrogen-bond acceptors (Lipinski definition) is 5. The number of amides is 1. The molecule has 4 heterocycles. The second kappa shape index (κ2) is 8.12. The highest BCUT2D eigenvalue weighted by Crippen LogP contribution is 2.35. The number of ketones is 1. The maximum absolute atomic E-state index is 13.8. The third-order valence-electron chi connectivity index (χ3n) is 6.59. The lowest BCUT2D eigenvalue weighted by Gasteiger charge is -2.35. The van der Waals surface area contributed by atoms with Crippen molar-refractivity contribution in [1.29, 1.82) is 0 Å². The zero-order chi connectivity index (χ0) is 21.9. The minimum atomic E-state index is -0.901. The minimum Gasteiger partial charge on any atom is -0.503 e. The van der Waals surface area contributed by atoms with Crippen LogP contribution in [0, 0.1) is 11.6 Å². The number of halogens is 2. The van der Waals surface area contributed by atoms with E-state index in [0.29, 0.717) is 13.1 Å². The van der Waals surface area contributed by atoms with Gasteiger partial charge in [-0.1, -0.05) is 13.5 Å². The summed E-state index contributed by atoms with van der Waals surface area (Å²) in [7, 11) is 0. The van der Waals surface area contributed by atoms with E-state index in [1.54, 1.807) is 4.90 Å². The molecule has 1 aromatic carbocycles. The summed E-state index contributed by atoms with van der Waals surface area (Å²) in [4.78, 5) is 42.3. The molecule has 7 nitrogen and oxygen atoms in total. The van der Waals surface area contributed by atoms with E-state index in [9.17, 15) is 28.3 Å². The lowest BCUT2D eigenvalue weighted by atomic mass is 10.0. The fourth-order valence-corrected chi connectivity index (χ4v) is 5.03. The van der Waals surface area contributed by atoms with Gasteiger partial charge in [0.05, 0.1) is 12.1 Å². The van der Waals surface area contributed by atoms with E-state index in [2.05, 4.69) is 4.90 Å². The monoisotopic (exact) mass is 445 g/mol. The predicted octanol–water partition coefficient (Wildman–Crippen LogP) is 2.54. The summed E-state index contributed by atoms with van der Waals surface area (Å²) in [5.74, 6) is -3.18. The highest BCUT2D eigenvalue weighted by molar-refractivity contribution is 6.00. The zero-order valence-electron chi connectivity index (χ0n) is 16.7. The Morgan fingerprint density at radius 2 is 1.97 bits per heavy atom. The predicted molar refractivity (Wildman–Crippen MR) is 113 cm³/mol. The molecule has 2 fully saturated rings. The van der Waals surface area contributed by atoms with Gasteiger partial charge in [0.2, 0.25) is 5.43 Å². The van der Waals surface area contributed by atoms with Crippen molar-refractivity contribution in [3.05, 3.63) is 63.1 Å². The van der Waals surface area contributed by atoms with Crippen LogP contribution in [0.25, 0.3) is 0 Å². The van der Waals surface area contributed by atoms with Gasteiger partial charge in [-0.05, 0) is 30.9 Å². The molecule has 0 aliphatic carbocycles. The number of Topliss-reactive ketones (excluding diaryl/α,β-unsaturated/α-hetero) is 1. The Morgan fingerprint density at radius 3 is 2.72 bits per heavy atom. The maximum Gasteiger partial charge on any atom is 0.275 e. The first kappa shape index (κ1) is 22.1. The van der Waals surface area contributed by atoms with Crippen LogP contribution in [0.15, 0.2) is 29.2 Å². The van der Waals surface area contributed by atoms with E-state index in [-0.39, 0.29) is 49.3 Å². The van der Waals surface area contributed by atoms with Crippen LogP contribution in [0.1, 0.15) is 53.1 Å². The summed E-state index contributed by atoms with van der Waals surface area (Å²) in [6.07, 6.45) is 3.04. The van der Waals surface area contributed by atoms with Gasteiger partial charge in [-0.25, -0.2) is 8.78 Å². The Balaban J connectivity index is 0.00000245. The summed E-state index contributed by atoms with van der Waals surface area (Å²) in [6, 6.07) is 3.39. The van der Waals surface area contributed by atoms with Crippen molar-refractivity contribution in [2.24, 2.45) is 0 Å². The van der Waals surface area contributed by atoms with Gasteiger partial charge in [0.1, 0.15) is 17.8 Å². The number of rotatable bonds is 4. The van der Waals surface area contributed by atoms with Crippen molar-refractivity contribution in [3.8, 4) is 5.75 Å². The molecule has 0 saturated carbocycles. The Kier molecular flexibility index (Phi) is 5.62. The smallest absolute Gasteiger partial charge is 0.275 e. The van der Waals surface area contributed by atoms with Gasteiger partial charge in [-0.3, -0.25) is 19.3 Å². The number of hydrogen-bond donors (Lipinski definition) is 1. The van der Waals surface area contributed by atoms with E-state index in [4.69, 9.17) is 0 Å². The molecule has 3 aliphatic heterocycles. The van der Waals surface area contributed by atoms with Crippen molar-refractivity contribution in [1.82, 2.24) is 14.4 Å². The van der Waals surface area contributed by atoms with Crippen LogP contribution in [0.3, 0.4) is 0 Å². The van der Waals surface area contributed by atoms with E-state index >= 15 is 0 Å². The number of benzene rings is 1. The molecule has 2 aromatic rings. The highest BCUT2D eigenvalue weighted by Gasteiger charge is 2.48. The molecule has 1 aromatic heterocycles. The van der Waals surface area contributed by atoms with Gasteiger partial charge in [0, 0.05) is 37.8 Å². The largest absolute Gasteiger partial charge is 0.503 e. The van der Waals surface area contributed by atoms with Crippen LogP contribution in [-0.4, -0.2) is 56.5 Å². The molecule has 1 amide bonds. The van der Waals surface area contributed by atoms with Gasteiger partial charge < -0.3 is 14.6 Å². The molecule has 0 radical (unpaired) electrons. The Hall–Kier alpha value is -3.07. The lowest BCUT2D eigenvalue weighted by molar-refractivity contribution is 0.0513. The molecule has 1 N–H and O–H groups in total. The van der Waals surface area contributed by atoms with Crippen LogP contribution in [0.2, 0.25) is 0 Å². The van der Waals surface area contributed by atoms with Gasteiger partial charge in [0.15, 0.2) is 17.2 Å². The van der Waals surface area contributed by atoms with Crippen LogP contribution in [-0.2, 0) is 13.0 Å². The SMILES string of the molecule is C.O=C(CCc1ccc(F)cc1F)c1cn2c(c(O)c1=O)C(=O)N1CC3CCCN3[C@H]1C2. The first-order chi connectivity index (χ1) is 14.8. The number of fused-ring (bicyclic) bond motifs is 4. The summed E-state index contributed by atoms with van der Waals surface area (Å²) >= 11 is 0. The van der Waals surface area contributed by atoms with Crippen molar-refractivity contribution in [2.75, 3.05) is 13.1 Å². The molecule has 32 heavy (non-hydrogen) atoms. The van der Waals surface area contributed by atoms with Gasteiger partial charge in [-0.15, -0.1) is 0 Å². The van der Waals surface area contributed by atoms with Gasteiger partial charge in [-0.2, -0.15) is 0 Å². The molecule has 170 valence electrons. The third kappa shape index (κ3) is 3.40. The second-order valence-corrected chi connectivity index (χ2v) is 8.35. The number of nitrogens with zero attached hydrogens (tertiary/aromatic N) is 3. The standard InChI is InChI=1S/C22H21F2N3O4.CH4/c23-13-5-3-12(16(24)8-13)4-6-17(28)15-10-25-11-18-26-7-1-2-14(26)9-27(18)22(31)19(25)21(30)20(15)29;/h3,5,8,10,14,18,30H,1-2,4,6-7,9,11H2;1H4/t14?,18-;/m1./s1. The molecule has 9 heteroatoms. The lowest BCUT2D eigenvalue weighted by Crippen LogP contribution is -2.50. The Labute approximate surface area is 183 Å². The number of aromatic hydroxyl groups is 1. The molecular weight excluding hydrogens is 420 g/mol. The number of aryl methyl sites for hydroxylation is 1. The fourth-order valence-electron chi connectivity index (χ4n) is 5.03. The third-order valence-corrected chi connectivity index (χ3v) is 6.59. The normalized spacial score (nSPS) is 21.7. The zero-order valence-corrected chi connectivity index (χ0v) is 16.7. The highest BCUT2D eigenvalue weighted by atomic mass is 19.1. The molecule has 2 saturated heterocycles. The number of aromatic nitrogens is 1. The number of carbonyl (C=O) groups is 2. The topological polar surface area (TPSA) is 82.8 Å². The average Bonchev–Trinajstić information content (AvgIpc) is 3.32. The fraction of sp³-hybridized carbons (Fsp3) is 0.435. The maximum atomic E-state index is 13.8. The Bertz CT molecular complexity index is 1160. The summed E-state index contributed by atoms with van der Waals surface area (Å²) in [5.41, 5.74) is -1.07. The number of carbonyl (C=O) groups excluding carboxylic acids is 2. The molecule has 0 spiro atoms. The molecule has 5 rings (SSSR count). The van der Waals surface area contributed by atoms with Crippen molar-refractivity contribution < 1.29 is 23.5 Å². The molecule has 1 unspecified atom stereocenters. The van der Waals surface area contributed by atoms with Crippen molar-refractivity contribution in [3.63, 3.8) is 0 Å². The Morgan fingerprint density at radius 1 is 1.19 bits per heavy atom. The quantitative estimate of drug-likeness (QED) is 0.732. The van der Waals surface area contributed by atoms with E-state index < -0.39 is 34.5 Å². The number of pyridine rings is 1. The molecular formula is C23H25F2N3O4. The molecule has 2 atom stereocenters. The van der Waals surface area contributed by atoms with Crippen LogP contribution in [0.5, 0.6) is 5.75 Å². The van der Waals surface area contributed by atoms with Crippen LogP contribution in [0.4, 0.5) is 8.78 Å². The minimum absolute atomic E-state index is 0. The van der Waals surface area contributed by atoms with Crippen LogP contribution >= 0.6 is 0 Å². The first-order valence-electron chi connectivity index (χ1n) is 10.4. The van der Waals surface area contributed by atoms with Crippen LogP contribution < -0.4 is 5.43 Å². The average molecular weight is 445 g/mol. The second-order valence-electron chi connectivity index (χ2n) is 8.35. The van der Waals surface area contributed by atoms with E-state index in [1.165, 1.54) is 16.8 Å².